The van der Waals surface area contributed by atoms with Crippen LogP contribution in [-0.4, -0.2) is 18.4 Å². The molecule has 0 aliphatic rings. The predicted molar refractivity (Wildman–Crippen MR) is 116 cm³/mol. The van der Waals surface area contributed by atoms with Crippen LogP contribution in [-0.2, 0) is 0 Å². The third kappa shape index (κ3) is 5.40. The summed E-state index contributed by atoms with van der Waals surface area (Å²) in [5.41, 5.74) is 1.45. The molecule has 2 aromatic rings. The third-order valence-corrected chi connectivity index (χ3v) is 26.1. The van der Waals surface area contributed by atoms with Crippen LogP contribution in [0.15, 0.2) is 42.5 Å². The minimum absolute atomic E-state index is 0.969. The van der Waals surface area contributed by atoms with Crippen molar-refractivity contribution in [3.8, 4) is 10.9 Å². The minimum atomic E-state index is -2.17. The Morgan fingerprint density at radius 2 is 1.25 bits per heavy atom. The molecule has 1 unspecified atom stereocenters. The van der Waals surface area contributed by atoms with Crippen LogP contribution in [0.1, 0.15) is 59.3 Å². The van der Waals surface area contributed by atoms with Crippen molar-refractivity contribution in [2.45, 2.75) is 72.6 Å². The van der Waals surface area contributed by atoms with Gasteiger partial charge in [-0.25, -0.2) is 0 Å². The molecule has 0 aliphatic heterocycles. The monoisotopic (exact) mass is 450 g/mol. The van der Waals surface area contributed by atoms with Gasteiger partial charge in [-0.15, -0.1) is 0 Å². The summed E-state index contributed by atoms with van der Waals surface area (Å²) in [6.07, 6.45) is 8.49. The van der Waals surface area contributed by atoms with E-state index >= 15 is 0 Å². The molecule has 2 heteroatoms. The van der Waals surface area contributed by atoms with Crippen molar-refractivity contribution < 1.29 is 0 Å². The predicted octanol–water partition coefficient (Wildman–Crippen LogP) is 7.44. The van der Waals surface area contributed by atoms with E-state index in [2.05, 4.69) is 63.2 Å². The van der Waals surface area contributed by atoms with Gasteiger partial charge in [0.1, 0.15) is 0 Å². The molecule has 0 saturated heterocycles. The molecule has 0 N–H and O–H groups in total. The van der Waals surface area contributed by atoms with E-state index in [4.69, 9.17) is 0 Å². The molecule has 132 valence electrons. The van der Waals surface area contributed by atoms with Crippen molar-refractivity contribution in [2.75, 3.05) is 0 Å². The van der Waals surface area contributed by atoms with Gasteiger partial charge < -0.3 is 0 Å². The van der Waals surface area contributed by atoms with Crippen molar-refractivity contribution in [1.82, 2.24) is 0 Å². The average Bonchev–Trinajstić information content (AvgIpc) is 3.13. The second kappa shape index (κ2) is 10.7. The summed E-state index contributed by atoms with van der Waals surface area (Å²) < 4.78 is 6.75. The molecule has 1 aromatic carbocycles. The quantitative estimate of drug-likeness (QED) is 0.313. The van der Waals surface area contributed by atoms with Crippen molar-refractivity contribution in [3.63, 3.8) is 0 Å². The normalized spacial score (nSPS) is 12.1. The standard InChI is InChI=1S/C10H8P.3C4H9.Sn/c1-2-5-9(6-3-1)10-7-4-8-11-10;3*1-3-4-2;/h1-7,11H;3*1,3-4H2,2H3;. The summed E-state index contributed by atoms with van der Waals surface area (Å²) in [4.78, 5) is 0. The molecule has 0 aliphatic carbocycles. The topological polar surface area (TPSA) is 0 Å². The van der Waals surface area contributed by atoms with Crippen LogP contribution >= 0.6 is 8.19 Å². The van der Waals surface area contributed by atoms with Gasteiger partial charge in [0.25, 0.3) is 0 Å². The first-order chi connectivity index (χ1) is 11.8. The van der Waals surface area contributed by atoms with Crippen LogP contribution in [0.5, 0.6) is 0 Å². The van der Waals surface area contributed by atoms with Crippen LogP contribution in [0, 0.1) is 0 Å². The summed E-state index contributed by atoms with van der Waals surface area (Å²) in [6, 6.07) is 16.1. The zero-order valence-electron chi connectivity index (χ0n) is 15.9. The van der Waals surface area contributed by atoms with E-state index in [1.165, 1.54) is 44.1 Å². The summed E-state index contributed by atoms with van der Waals surface area (Å²) in [5, 5.41) is 1.59. The van der Waals surface area contributed by atoms with E-state index in [0.29, 0.717) is 0 Å². The SMILES string of the molecule is CCC[CH2][Sn]([CH2]CCC)([CH2]CCC)[c]1ccc(-c2ccccc2)[pH]1. The van der Waals surface area contributed by atoms with Crippen LogP contribution in [0.3, 0.4) is 0 Å². The maximum atomic E-state index is 2.58. The molecule has 0 bridgehead atoms. The molecule has 1 atom stereocenters. The first-order valence-corrected chi connectivity index (χ1v) is 18.5. The van der Waals surface area contributed by atoms with Crippen molar-refractivity contribution in [1.29, 1.82) is 0 Å². The summed E-state index contributed by atoms with van der Waals surface area (Å²) >= 11 is -2.17. The van der Waals surface area contributed by atoms with Gasteiger partial charge in [0.15, 0.2) is 0 Å². The first kappa shape index (κ1) is 20.1. The molecular formula is C22H35PSn. The van der Waals surface area contributed by atoms with Gasteiger partial charge in [0, 0.05) is 0 Å². The van der Waals surface area contributed by atoms with Gasteiger partial charge in [-0.2, -0.15) is 0 Å². The molecule has 0 radical (unpaired) electrons. The molecule has 2 rings (SSSR count). The van der Waals surface area contributed by atoms with Crippen molar-refractivity contribution in [3.05, 3.63) is 42.5 Å². The third-order valence-electron chi connectivity index (χ3n) is 5.37. The van der Waals surface area contributed by atoms with Gasteiger partial charge in [0.05, 0.1) is 0 Å². The Bertz CT molecular complexity index is 551. The molecular weight excluding hydrogens is 414 g/mol. The Hall–Kier alpha value is -0.201. The van der Waals surface area contributed by atoms with Crippen LogP contribution in [0.4, 0.5) is 0 Å². The van der Waals surface area contributed by atoms with E-state index in [-0.39, 0.29) is 0 Å². The summed E-state index contributed by atoms with van der Waals surface area (Å²) in [6.45, 7) is 7.11. The number of rotatable bonds is 11. The molecule has 24 heavy (non-hydrogen) atoms. The second-order valence-electron chi connectivity index (χ2n) is 7.24. The van der Waals surface area contributed by atoms with Crippen LogP contribution < -0.4 is 3.31 Å². The first-order valence-electron chi connectivity index (χ1n) is 10.0. The van der Waals surface area contributed by atoms with Gasteiger partial charge in [-0.1, -0.05) is 0 Å². The molecule has 0 saturated carbocycles. The molecule has 0 nitrogen and oxygen atoms in total. The second-order valence-corrected chi connectivity index (χ2v) is 23.1. The number of hydrogen-bond acceptors (Lipinski definition) is 0. The fraction of sp³-hybridized carbons (Fsp3) is 0.545. The molecule has 0 fully saturated rings. The maximum absolute atomic E-state index is 2.58. The Morgan fingerprint density at radius 3 is 1.75 bits per heavy atom. The summed E-state index contributed by atoms with van der Waals surface area (Å²) in [5.74, 6) is 0. The van der Waals surface area contributed by atoms with Gasteiger partial charge in [0.2, 0.25) is 0 Å². The van der Waals surface area contributed by atoms with E-state index < -0.39 is 18.4 Å². The average molecular weight is 449 g/mol. The van der Waals surface area contributed by atoms with Crippen molar-refractivity contribution in [2.24, 2.45) is 0 Å². The van der Waals surface area contributed by atoms with Gasteiger partial charge in [-0.05, 0) is 0 Å². The fourth-order valence-corrected chi connectivity index (χ4v) is 25.5. The fourth-order valence-electron chi connectivity index (χ4n) is 3.82. The van der Waals surface area contributed by atoms with Crippen LogP contribution in [0.25, 0.3) is 10.9 Å². The Morgan fingerprint density at radius 1 is 0.708 bits per heavy atom. The molecule has 0 spiro atoms. The van der Waals surface area contributed by atoms with E-state index in [0.717, 1.165) is 8.19 Å². The Labute approximate surface area is 155 Å². The van der Waals surface area contributed by atoms with Crippen LogP contribution in [0.2, 0.25) is 13.3 Å². The number of benzene rings is 1. The van der Waals surface area contributed by atoms with Gasteiger partial charge >= 0.3 is 156 Å². The van der Waals surface area contributed by atoms with Gasteiger partial charge in [-0.3, -0.25) is 0 Å². The van der Waals surface area contributed by atoms with E-state index in [1.807, 2.05) is 3.31 Å². The number of unbranched alkanes of at least 4 members (excludes halogenated alkanes) is 3. The summed E-state index contributed by atoms with van der Waals surface area (Å²) in [7, 11) is 0.969. The molecule has 1 heterocycles. The Kier molecular flexibility index (Phi) is 8.98. The Balaban J connectivity index is 2.31. The van der Waals surface area contributed by atoms with Crippen molar-refractivity contribution >= 4 is 29.9 Å². The molecule has 0 amide bonds. The molecule has 1 aromatic heterocycles. The zero-order chi connectivity index (χ0) is 17.3. The van der Waals surface area contributed by atoms with E-state index in [9.17, 15) is 0 Å². The zero-order valence-corrected chi connectivity index (χ0v) is 19.8. The van der Waals surface area contributed by atoms with E-state index in [1.54, 1.807) is 18.6 Å². The number of hydrogen-bond donors (Lipinski definition) is 0.